The molecule has 0 fully saturated rings. The molecule has 0 bridgehead atoms. The van der Waals surface area contributed by atoms with Gasteiger partial charge in [0.1, 0.15) is 28.2 Å². The first-order valence-corrected chi connectivity index (χ1v) is 6.92. The third-order valence-corrected chi connectivity index (χ3v) is 3.28. The number of nitrogen functional groups attached to an aromatic ring is 1. The van der Waals surface area contributed by atoms with Crippen LogP contribution in [0.25, 0.3) is 22.5 Å². The number of pyridine rings is 1. The fraction of sp³-hybridized carbons (Fsp3) is 0.0667. The van der Waals surface area contributed by atoms with E-state index in [2.05, 4.69) is 20.2 Å². The van der Waals surface area contributed by atoms with Gasteiger partial charge in [-0.3, -0.25) is 0 Å². The van der Waals surface area contributed by atoms with Crippen LogP contribution >= 0.6 is 11.6 Å². The van der Waals surface area contributed by atoms with Gasteiger partial charge in [0.2, 0.25) is 5.95 Å². The fourth-order valence-corrected chi connectivity index (χ4v) is 2.42. The number of hydrogen-bond acceptors (Lipinski definition) is 5. The zero-order chi connectivity index (χ0) is 16.6. The molecule has 0 atom stereocenters. The minimum absolute atomic E-state index is 0.0628. The molecular weight excluding hydrogens is 324 g/mol. The molecule has 3 aromatic rings. The number of halogens is 3. The Labute approximate surface area is 135 Å². The summed E-state index contributed by atoms with van der Waals surface area (Å²) < 4.78 is 27.6. The van der Waals surface area contributed by atoms with Gasteiger partial charge in [0, 0.05) is 16.8 Å². The monoisotopic (exact) mass is 333 g/mol. The zero-order valence-corrected chi connectivity index (χ0v) is 12.6. The minimum atomic E-state index is -0.649. The molecule has 0 unspecified atom stereocenters. The quantitative estimate of drug-likeness (QED) is 0.727. The highest BCUT2D eigenvalue weighted by Crippen LogP contribution is 2.32. The van der Waals surface area contributed by atoms with Gasteiger partial charge in [-0.25, -0.2) is 18.7 Å². The van der Waals surface area contributed by atoms with Gasteiger partial charge in [0.15, 0.2) is 0 Å². The van der Waals surface area contributed by atoms with Crippen molar-refractivity contribution >= 4 is 17.5 Å². The molecule has 0 aliphatic heterocycles. The summed E-state index contributed by atoms with van der Waals surface area (Å²) >= 11 is 5.95. The van der Waals surface area contributed by atoms with E-state index < -0.39 is 11.6 Å². The minimum Gasteiger partial charge on any atom is -0.366 e. The van der Waals surface area contributed by atoms with Crippen molar-refractivity contribution in [2.24, 2.45) is 0 Å². The maximum atomic E-state index is 14.1. The second kappa shape index (κ2) is 5.85. The van der Waals surface area contributed by atoms with Gasteiger partial charge in [-0.15, -0.1) is 10.2 Å². The molecule has 0 spiro atoms. The van der Waals surface area contributed by atoms with E-state index in [9.17, 15) is 8.78 Å². The third-order valence-electron chi connectivity index (χ3n) is 3.08. The number of hydrogen-bond donors (Lipinski definition) is 1. The van der Waals surface area contributed by atoms with Gasteiger partial charge in [0.25, 0.3) is 0 Å². The summed E-state index contributed by atoms with van der Waals surface area (Å²) in [4.78, 5) is 8.06. The molecule has 3 rings (SSSR count). The van der Waals surface area contributed by atoms with Crippen LogP contribution in [0.4, 0.5) is 14.7 Å². The Kier molecular flexibility index (Phi) is 3.87. The molecule has 23 heavy (non-hydrogen) atoms. The average Bonchev–Trinajstić information content (AvgIpc) is 2.48. The highest BCUT2D eigenvalue weighted by Gasteiger charge is 2.17. The van der Waals surface area contributed by atoms with Gasteiger partial charge >= 0.3 is 0 Å². The lowest BCUT2D eigenvalue weighted by molar-refractivity contribution is 0.602. The van der Waals surface area contributed by atoms with Crippen molar-refractivity contribution in [1.29, 1.82) is 0 Å². The summed E-state index contributed by atoms with van der Waals surface area (Å²) in [5, 5.41) is 7.89. The smallest absolute Gasteiger partial charge is 0.240 e. The van der Waals surface area contributed by atoms with Crippen LogP contribution < -0.4 is 5.73 Å². The summed E-state index contributed by atoms with van der Waals surface area (Å²) in [6, 6.07) is 6.28. The average molecular weight is 334 g/mol. The molecule has 8 heteroatoms. The number of benzene rings is 1. The van der Waals surface area contributed by atoms with E-state index >= 15 is 0 Å². The van der Waals surface area contributed by atoms with Crippen LogP contribution in [0, 0.1) is 18.6 Å². The second-order valence-corrected chi connectivity index (χ2v) is 5.20. The first kappa shape index (κ1) is 15.2. The number of rotatable bonds is 2. The zero-order valence-electron chi connectivity index (χ0n) is 11.9. The molecule has 2 N–H and O–H groups in total. The van der Waals surface area contributed by atoms with Crippen LogP contribution in [-0.4, -0.2) is 20.2 Å². The van der Waals surface area contributed by atoms with Crippen molar-refractivity contribution in [2.45, 2.75) is 6.92 Å². The highest BCUT2D eigenvalue weighted by atomic mass is 35.5. The van der Waals surface area contributed by atoms with Crippen molar-refractivity contribution in [2.75, 3.05) is 5.73 Å². The second-order valence-electron chi connectivity index (χ2n) is 4.81. The molecule has 1 aromatic carbocycles. The Bertz CT molecular complexity index is 881. The lowest BCUT2D eigenvalue weighted by Crippen LogP contribution is -2.04. The molecule has 0 aliphatic carbocycles. The topological polar surface area (TPSA) is 77.6 Å². The van der Waals surface area contributed by atoms with Gasteiger partial charge < -0.3 is 5.73 Å². The molecular formula is C15H10ClF2N5. The third kappa shape index (κ3) is 3.09. The fourth-order valence-electron chi connectivity index (χ4n) is 2.16. The Morgan fingerprint density at radius 2 is 1.78 bits per heavy atom. The lowest BCUT2D eigenvalue weighted by Gasteiger charge is -2.10. The Morgan fingerprint density at radius 1 is 1.00 bits per heavy atom. The number of aryl methyl sites for hydroxylation is 1. The van der Waals surface area contributed by atoms with Crippen molar-refractivity contribution in [1.82, 2.24) is 20.2 Å². The molecule has 0 aliphatic rings. The molecule has 0 saturated carbocycles. The standard InChI is InChI=1S/C15H10ClF2N5/c1-7-4-8(5-12(16)20-7)13-14(21-15(19)23-22-13)10-6-9(17)2-3-11(10)18/h2-6H,1H3,(H2,19,21,23). The number of aromatic nitrogens is 4. The predicted molar refractivity (Wildman–Crippen MR) is 82.6 cm³/mol. The van der Waals surface area contributed by atoms with E-state index in [4.69, 9.17) is 17.3 Å². The number of nitrogens with zero attached hydrogens (tertiary/aromatic N) is 4. The molecule has 0 amide bonds. The van der Waals surface area contributed by atoms with Crippen LogP contribution in [0.15, 0.2) is 30.3 Å². The predicted octanol–water partition coefficient (Wildman–Crippen LogP) is 3.42. The van der Waals surface area contributed by atoms with E-state index in [1.54, 1.807) is 13.0 Å². The maximum Gasteiger partial charge on any atom is 0.240 e. The van der Waals surface area contributed by atoms with Crippen molar-refractivity contribution in [3.8, 4) is 22.5 Å². The number of anilines is 1. The highest BCUT2D eigenvalue weighted by molar-refractivity contribution is 6.29. The molecule has 2 aromatic heterocycles. The summed E-state index contributed by atoms with van der Waals surface area (Å²) in [7, 11) is 0. The molecule has 2 heterocycles. The van der Waals surface area contributed by atoms with E-state index in [0.717, 1.165) is 18.2 Å². The molecule has 0 radical (unpaired) electrons. The first-order chi connectivity index (χ1) is 10.9. The van der Waals surface area contributed by atoms with Gasteiger partial charge in [0.05, 0.1) is 0 Å². The Hall–Kier alpha value is -2.67. The van der Waals surface area contributed by atoms with Gasteiger partial charge in [-0.1, -0.05) is 11.6 Å². The van der Waals surface area contributed by atoms with Crippen molar-refractivity contribution in [3.63, 3.8) is 0 Å². The van der Waals surface area contributed by atoms with E-state index in [0.29, 0.717) is 11.3 Å². The van der Waals surface area contributed by atoms with Crippen LogP contribution in [0.5, 0.6) is 0 Å². The van der Waals surface area contributed by atoms with E-state index in [1.165, 1.54) is 6.07 Å². The summed E-state index contributed by atoms with van der Waals surface area (Å²) in [5.41, 5.74) is 6.97. The molecule has 116 valence electrons. The van der Waals surface area contributed by atoms with Crippen molar-refractivity contribution < 1.29 is 8.78 Å². The normalized spacial score (nSPS) is 10.8. The Balaban J connectivity index is 2.29. The molecule has 5 nitrogen and oxygen atoms in total. The largest absolute Gasteiger partial charge is 0.366 e. The first-order valence-electron chi connectivity index (χ1n) is 6.54. The Morgan fingerprint density at radius 3 is 2.52 bits per heavy atom. The van der Waals surface area contributed by atoms with Crippen LogP contribution in [0.1, 0.15) is 5.69 Å². The summed E-state index contributed by atoms with van der Waals surface area (Å²) in [5.74, 6) is -1.40. The summed E-state index contributed by atoms with van der Waals surface area (Å²) in [6.07, 6.45) is 0. The van der Waals surface area contributed by atoms with Gasteiger partial charge in [-0.05, 0) is 37.3 Å². The molecule has 0 saturated heterocycles. The van der Waals surface area contributed by atoms with E-state index in [1.807, 2.05) is 0 Å². The van der Waals surface area contributed by atoms with Gasteiger partial charge in [-0.2, -0.15) is 0 Å². The SMILES string of the molecule is Cc1cc(-c2nnc(N)nc2-c2cc(F)ccc2F)cc(Cl)n1. The maximum absolute atomic E-state index is 14.1. The van der Waals surface area contributed by atoms with E-state index in [-0.39, 0.29) is 28.1 Å². The van der Waals surface area contributed by atoms with Crippen molar-refractivity contribution in [3.05, 3.63) is 52.8 Å². The van der Waals surface area contributed by atoms with Crippen LogP contribution in [-0.2, 0) is 0 Å². The van der Waals surface area contributed by atoms with Crippen LogP contribution in [0.3, 0.4) is 0 Å². The summed E-state index contributed by atoms with van der Waals surface area (Å²) in [6.45, 7) is 1.75. The lowest BCUT2D eigenvalue weighted by atomic mass is 10.0. The number of nitrogens with two attached hydrogens (primary N) is 1. The van der Waals surface area contributed by atoms with Crippen LogP contribution in [0.2, 0.25) is 5.15 Å².